The number of hydrogen-bond acceptors (Lipinski definition) is 17. The number of ether oxygens (including phenoxy) is 2. The smallest absolute Gasteiger partial charge is 0.386 e. The van der Waals surface area contributed by atoms with Crippen LogP contribution in [-0.4, -0.2) is 101 Å². The van der Waals surface area contributed by atoms with Crippen LogP contribution in [0.4, 0.5) is 17.8 Å². The highest BCUT2D eigenvalue weighted by atomic mass is 31.2. The Hall–Kier alpha value is -4.55. The summed E-state index contributed by atoms with van der Waals surface area (Å²) in [6.45, 7) is -0.831. The molecule has 27 heteroatoms. The average molecular weight is 714 g/mol. The van der Waals surface area contributed by atoms with E-state index in [1.165, 1.54) is 9.13 Å². The van der Waals surface area contributed by atoms with Crippen LogP contribution in [0.25, 0.3) is 22.3 Å². The standard InChI is InChI=1S/C21H25N13O12P2/c22-19-27-13-9(15(37)29-19)25-5-31(13)17-11(35)7(3-43-17)45-47(39,40)33-1-2-34(21(33)24)48(41,42)46-8-4-44-18(12(8)36)32-6-26-10-14(32)28-20(23)30-16(10)38/h1-2,5-8,11-12,17-18,24,35-36H,3-4H2,(H8,22,23,27,28,29,30,37,38,39,40,41,42)/p+1/t7-,8-,11+,12+,17+,18+/m0/s1. The van der Waals surface area contributed by atoms with Crippen molar-refractivity contribution in [1.29, 1.82) is 0 Å². The Morgan fingerprint density at radius 2 is 1.33 bits per heavy atom. The number of imidazole rings is 3. The largest absolute Gasteiger partial charge is 0.499 e. The van der Waals surface area contributed by atoms with Gasteiger partial charge in [-0.2, -0.15) is 9.97 Å². The van der Waals surface area contributed by atoms with Crippen molar-refractivity contribution in [3.63, 3.8) is 0 Å². The maximum Gasteiger partial charge on any atom is 0.499 e. The van der Waals surface area contributed by atoms with Crippen molar-refractivity contribution in [2.24, 2.45) is 0 Å². The Bertz CT molecular complexity index is 2130. The number of hydrogen-bond donors (Lipinski definition) is 9. The first-order chi connectivity index (χ1) is 22.7. The zero-order valence-electron chi connectivity index (χ0n) is 23.9. The molecule has 2 fully saturated rings. The molecule has 0 aromatic carbocycles. The number of aromatic amines is 2. The molecule has 256 valence electrons. The van der Waals surface area contributed by atoms with E-state index in [-0.39, 0.29) is 34.2 Å². The Kier molecular flexibility index (Phi) is 7.52. The third kappa shape index (κ3) is 5.18. The molecule has 7 heterocycles. The molecular weight excluding hydrogens is 688 g/mol. The molecule has 7 rings (SSSR count). The van der Waals surface area contributed by atoms with Gasteiger partial charge in [-0.3, -0.25) is 53.3 Å². The minimum absolute atomic E-state index is 0.0263. The summed E-state index contributed by atoms with van der Waals surface area (Å²) in [5.74, 6) is -1.22. The number of nitrogens with two attached hydrogens (primary N) is 3. The average Bonchev–Trinajstić information content (AvgIpc) is 3.82. The van der Waals surface area contributed by atoms with E-state index in [0.717, 1.165) is 25.0 Å². The van der Waals surface area contributed by atoms with Crippen molar-refractivity contribution in [3.8, 4) is 0 Å². The summed E-state index contributed by atoms with van der Waals surface area (Å²) in [6, 6.07) is 0. The molecule has 12 N–H and O–H groups in total. The third-order valence-corrected chi connectivity index (χ3v) is 10.4. The van der Waals surface area contributed by atoms with Crippen molar-refractivity contribution >= 4 is 55.7 Å². The van der Waals surface area contributed by atoms with E-state index >= 15 is 0 Å². The molecule has 8 atom stereocenters. The minimum Gasteiger partial charge on any atom is -0.386 e. The van der Waals surface area contributed by atoms with Gasteiger partial charge < -0.3 is 31.2 Å². The first-order valence-corrected chi connectivity index (χ1v) is 16.7. The van der Waals surface area contributed by atoms with Gasteiger partial charge in [-0.15, -0.1) is 8.68 Å². The second-order valence-corrected chi connectivity index (χ2v) is 13.8. The van der Waals surface area contributed by atoms with Gasteiger partial charge in [0.25, 0.3) is 11.1 Å². The van der Waals surface area contributed by atoms with Crippen LogP contribution >= 0.6 is 15.5 Å². The van der Waals surface area contributed by atoms with Gasteiger partial charge in [0, 0.05) is 0 Å². The van der Waals surface area contributed by atoms with E-state index in [1.807, 2.05) is 0 Å². The Morgan fingerprint density at radius 3 is 1.83 bits per heavy atom. The van der Waals surface area contributed by atoms with Gasteiger partial charge in [-0.25, -0.2) is 19.1 Å². The molecule has 0 spiro atoms. The molecule has 0 radical (unpaired) electrons. The van der Waals surface area contributed by atoms with E-state index in [4.69, 9.17) is 35.7 Å². The van der Waals surface area contributed by atoms with Crippen molar-refractivity contribution < 1.29 is 52.0 Å². The van der Waals surface area contributed by atoms with Crippen molar-refractivity contribution in [2.75, 3.05) is 30.4 Å². The fourth-order valence-electron chi connectivity index (χ4n) is 5.35. The zero-order chi connectivity index (χ0) is 34.3. The molecule has 2 aliphatic rings. The molecule has 0 bridgehead atoms. The predicted octanol–water partition coefficient (Wildman–Crippen LogP) is -3.76. The number of aliphatic hydroxyl groups is 2. The summed E-state index contributed by atoms with van der Waals surface area (Å²) in [7, 11) is -10.0. The zero-order valence-corrected chi connectivity index (χ0v) is 25.7. The monoisotopic (exact) mass is 714 g/mol. The first kappa shape index (κ1) is 32.0. The molecular formula is C21H26N13O12P2+. The van der Waals surface area contributed by atoms with E-state index in [0.29, 0.717) is 8.68 Å². The Balaban J connectivity index is 1.06. The van der Waals surface area contributed by atoms with Crippen LogP contribution in [0, 0.1) is 0 Å². The number of nitrogens with one attached hydrogen (secondary N) is 2. The molecule has 5 aromatic rings. The SMILES string of the molecule is Nc1nc2c(ncn2[C@@H]2OC[C@H](OP(=O)(O)n3cc[n+](P(=O)(O)O[C@H]4CO[C@@H](n5cnc6c(=O)[nH]c(N)nc65)[C@@H]4O)c3N)[C@H]2O)c(=O)[nH]1. The maximum absolute atomic E-state index is 13.3. The highest BCUT2D eigenvalue weighted by molar-refractivity contribution is 7.51. The number of aromatic nitrogens is 10. The first-order valence-electron chi connectivity index (χ1n) is 13.6. The molecule has 5 aromatic heterocycles. The van der Waals surface area contributed by atoms with Gasteiger partial charge in [0.2, 0.25) is 11.9 Å². The van der Waals surface area contributed by atoms with Crippen molar-refractivity contribution in [1.82, 2.24) is 43.4 Å². The van der Waals surface area contributed by atoms with Gasteiger partial charge >= 0.3 is 21.4 Å². The van der Waals surface area contributed by atoms with Gasteiger partial charge in [0.05, 0.1) is 25.9 Å². The molecule has 0 aliphatic carbocycles. The number of fused-ring (bicyclic) bond motifs is 2. The van der Waals surface area contributed by atoms with Crippen LogP contribution < -0.4 is 32.7 Å². The quantitative estimate of drug-likeness (QED) is 0.0696. The highest BCUT2D eigenvalue weighted by Gasteiger charge is 2.48. The minimum atomic E-state index is -5.01. The van der Waals surface area contributed by atoms with Crippen molar-refractivity contribution in [3.05, 3.63) is 45.8 Å². The highest BCUT2D eigenvalue weighted by Crippen LogP contribution is 2.50. The molecule has 2 aliphatic heterocycles. The van der Waals surface area contributed by atoms with E-state index in [9.17, 15) is 38.7 Å². The number of H-pyrrole nitrogens is 2. The molecule has 2 unspecified atom stereocenters. The molecule has 25 nitrogen and oxygen atoms in total. The summed E-state index contributed by atoms with van der Waals surface area (Å²) in [6.07, 6.45) is -4.57. The second-order valence-electron chi connectivity index (χ2n) is 10.6. The fourth-order valence-corrected chi connectivity index (χ4v) is 7.87. The topological polar surface area (TPSA) is 366 Å². The normalized spacial score (nSPS) is 27.1. The summed E-state index contributed by atoms with van der Waals surface area (Å²) in [5.41, 5.74) is 15.7. The summed E-state index contributed by atoms with van der Waals surface area (Å²) in [5, 5.41) is 21.8. The van der Waals surface area contributed by atoms with Crippen LogP contribution in [-0.2, 0) is 27.7 Å². The fraction of sp³-hybridized carbons (Fsp3) is 0.381. The summed E-state index contributed by atoms with van der Waals surface area (Å²) >= 11 is 0. The van der Waals surface area contributed by atoms with Gasteiger partial charge in [-0.1, -0.05) is 0 Å². The molecule has 0 saturated carbocycles. The van der Waals surface area contributed by atoms with Crippen LogP contribution in [0.15, 0.2) is 34.6 Å². The Labute approximate surface area is 264 Å². The Morgan fingerprint density at radius 1 is 0.854 bits per heavy atom. The van der Waals surface area contributed by atoms with Gasteiger partial charge in [0.15, 0.2) is 34.8 Å². The van der Waals surface area contributed by atoms with Crippen molar-refractivity contribution in [2.45, 2.75) is 36.9 Å². The lowest BCUT2D eigenvalue weighted by Crippen LogP contribution is -2.38. The van der Waals surface area contributed by atoms with E-state index in [2.05, 4.69) is 29.9 Å². The number of rotatable bonds is 8. The van der Waals surface area contributed by atoms with Gasteiger partial charge in [-0.05, 0) is 0 Å². The number of nitrogens with zero attached hydrogens (tertiary/aromatic N) is 8. The lowest BCUT2D eigenvalue weighted by molar-refractivity contribution is -0.524. The second kappa shape index (κ2) is 11.3. The number of anilines is 3. The lowest BCUT2D eigenvalue weighted by Gasteiger charge is -2.21. The summed E-state index contributed by atoms with van der Waals surface area (Å²) in [4.78, 5) is 66.2. The van der Waals surface area contributed by atoms with Crippen LogP contribution in [0.1, 0.15) is 12.5 Å². The van der Waals surface area contributed by atoms with Crippen LogP contribution in [0.5, 0.6) is 0 Å². The van der Waals surface area contributed by atoms with Gasteiger partial charge in [0.1, 0.15) is 36.8 Å². The van der Waals surface area contributed by atoms with E-state index in [1.54, 1.807) is 0 Å². The molecule has 48 heavy (non-hydrogen) atoms. The third-order valence-electron chi connectivity index (χ3n) is 7.57. The van der Waals surface area contributed by atoms with Crippen LogP contribution in [0.3, 0.4) is 0 Å². The van der Waals surface area contributed by atoms with E-state index < -0.39 is 82.6 Å². The summed E-state index contributed by atoms with van der Waals surface area (Å²) < 4.78 is 51.6. The molecule has 2 saturated heterocycles. The maximum atomic E-state index is 13.3. The predicted molar refractivity (Wildman–Crippen MR) is 156 cm³/mol. The number of nitrogen functional groups attached to an aromatic ring is 3. The molecule has 0 amide bonds. The number of aliphatic hydroxyl groups excluding tert-OH is 2. The van der Waals surface area contributed by atoms with Crippen LogP contribution in [0.2, 0.25) is 0 Å². The lowest BCUT2D eigenvalue weighted by atomic mass is 10.2.